The smallest absolute Gasteiger partial charge is 0.223 e. The fraction of sp³-hybridized carbons (Fsp3) is 0.333. The van der Waals surface area contributed by atoms with Crippen molar-refractivity contribution in [2.24, 2.45) is 0 Å². The molecule has 4 heterocycles. The van der Waals surface area contributed by atoms with Crippen molar-refractivity contribution in [1.29, 1.82) is 0 Å². The summed E-state index contributed by atoms with van der Waals surface area (Å²) in [4.78, 5) is 29.1. The minimum Gasteiger partial charge on any atom is -0.391 e. The predicted molar refractivity (Wildman–Crippen MR) is 110 cm³/mol. The zero-order valence-electron chi connectivity index (χ0n) is 16.4. The highest BCUT2D eigenvalue weighted by molar-refractivity contribution is 5.84. The topological polar surface area (TPSA) is 98.2 Å². The number of nitrogens with one attached hydrogen (secondary N) is 1. The second-order valence-corrected chi connectivity index (χ2v) is 7.30. The van der Waals surface area contributed by atoms with Crippen LogP contribution in [0.25, 0.3) is 22.1 Å². The summed E-state index contributed by atoms with van der Waals surface area (Å²) in [7, 11) is 0. The van der Waals surface area contributed by atoms with E-state index in [1.54, 1.807) is 12.3 Å². The summed E-state index contributed by atoms with van der Waals surface area (Å²) in [5, 5.41) is 9.15. The Morgan fingerprint density at radius 1 is 1.27 bits per heavy atom. The lowest BCUT2D eigenvalue weighted by Crippen LogP contribution is -2.48. The number of carbonyl (C=O) groups is 1. The number of aromatic amines is 1. The number of hydrogen-bond donors (Lipinski definition) is 1. The molecule has 1 atom stereocenters. The highest BCUT2D eigenvalue weighted by Crippen LogP contribution is 2.19. The maximum atomic E-state index is 12.8. The van der Waals surface area contributed by atoms with Crippen LogP contribution in [0.5, 0.6) is 0 Å². The Balaban J connectivity index is 1.16. The number of rotatable bonds is 6. The summed E-state index contributed by atoms with van der Waals surface area (Å²) in [6.45, 7) is 1.84. The molecular formula is C21H22N6O3. The van der Waals surface area contributed by atoms with E-state index in [-0.39, 0.29) is 18.6 Å². The van der Waals surface area contributed by atoms with Gasteiger partial charge in [-0.15, -0.1) is 5.10 Å². The maximum Gasteiger partial charge on any atom is 0.223 e. The number of H-pyrrole nitrogens is 1. The number of aryl methyl sites for hydroxylation is 1. The van der Waals surface area contributed by atoms with Gasteiger partial charge in [0.15, 0.2) is 0 Å². The average molecular weight is 406 g/mol. The lowest BCUT2D eigenvalue weighted by Gasteiger charge is -2.32. The van der Waals surface area contributed by atoms with Gasteiger partial charge in [0.05, 0.1) is 13.2 Å². The van der Waals surface area contributed by atoms with Gasteiger partial charge in [-0.05, 0) is 35.4 Å². The first-order valence-corrected chi connectivity index (χ1v) is 10.0. The highest BCUT2D eigenvalue weighted by Gasteiger charge is 2.25. The maximum absolute atomic E-state index is 12.8. The molecule has 9 heteroatoms. The third kappa shape index (κ3) is 3.71. The van der Waals surface area contributed by atoms with Crippen LogP contribution in [0.15, 0.2) is 48.8 Å². The van der Waals surface area contributed by atoms with Crippen molar-refractivity contribution >= 4 is 28.0 Å². The molecule has 0 spiro atoms. The van der Waals surface area contributed by atoms with Crippen LogP contribution in [0.2, 0.25) is 0 Å². The van der Waals surface area contributed by atoms with Gasteiger partial charge in [0, 0.05) is 36.3 Å². The lowest BCUT2D eigenvalue weighted by atomic mass is 10.1. The van der Waals surface area contributed by atoms with E-state index < -0.39 is 0 Å². The zero-order valence-corrected chi connectivity index (χ0v) is 16.4. The SMILES string of the molecule is O=C(CCc1c[nH]c2ccccc12)N1CCOC(COn2nnc3cccnc32)C1. The Morgan fingerprint density at radius 2 is 2.20 bits per heavy atom. The molecule has 4 aromatic rings. The van der Waals surface area contributed by atoms with Crippen LogP contribution in [0.4, 0.5) is 0 Å². The van der Waals surface area contributed by atoms with Gasteiger partial charge >= 0.3 is 0 Å². The number of fused-ring (bicyclic) bond motifs is 2. The molecule has 5 rings (SSSR count). The van der Waals surface area contributed by atoms with Crippen molar-refractivity contribution in [2.75, 3.05) is 26.3 Å². The standard InChI is InChI=1S/C21H22N6O3/c28-20(8-7-15-12-23-18-5-2-1-4-17(15)18)26-10-11-29-16(13-26)14-30-27-21-19(24-25-27)6-3-9-22-21/h1-6,9,12,16,23H,7-8,10-11,13-14H2. The van der Waals surface area contributed by atoms with Crippen molar-refractivity contribution in [3.63, 3.8) is 0 Å². The first kappa shape index (κ1) is 18.6. The minimum atomic E-state index is -0.223. The molecule has 1 unspecified atom stereocenters. The van der Waals surface area contributed by atoms with E-state index in [1.165, 1.54) is 10.2 Å². The molecule has 30 heavy (non-hydrogen) atoms. The van der Waals surface area contributed by atoms with Crippen LogP contribution in [0, 0.1) is 0 Å². The van der Waals surface area contributed by atoms with E-state index in [0.717, 1.165) is 11.1 Å². The van der Waals surface area contributed by atoms with Crippen LogP contribution >= 0.6 is 0 Å². The van der Waals surface area contributed by atoms with Gasteiger partial charge in [0.2, 0.25) is 11.6 Å². The molecule has 1 fully saturated rings. The normalized spacial score (nSPS) is 16.9. The molecule has 9 nitrogen and oxygen atoms in total. The van der Waals surface area contributed by atoms with Crippen LogP contribution in [-0.2, 0) is 16.0 Å². The molecule has 3 aromatic heterocycles. The van der Waals surface area contributed by atoms with Crippen molar-refractivity contribution in [1.82, 2.24) is 30.0 Å². The van der Waals surface area contributed by atoms with E-state index >= 15 is 0 Å². The first-order valence-electron chi connectivity index (χ1n) is 10.0. The van der Waals surface area contributed by atoms with Crippen molar-refractivity contribution in [3.8, 4) is 0 Å². The van der Waals surface area contributed by atoms with Crippen molar-refractivity contribution < 1.29 is 14.4 Å². The predicted octanol–water partition coefficient (Wildman–Crippen LogP) is 1.60. The molecule has 0 aliphatic carbocycles. The number of pyridine rings is 1. The third-order valence-corrected chi connectivity index (χ3v) is 5.34. The van der Waals surface area contributed by atoms with Gasteiger partial charge in [-0.3, -0.25) is 4.79 Å². The first-order chi connectivity index (χ1) is 14.8. The summed E-state index contributed by atoms with van der Waals surface area (Å²) >= 11 is 0. The van der Waals surface area contributed by atoms with E-state index in [2.05, 4.69) is 26.3 Å². The fourth-order valence-corrected chi connectivity index (χ4v) is 3.77. The Morgan fingerprint density at radius 3 is 3.17 bits per heavy atom. The fourth-order valence-electron chi connectivity index (χ4n) is 3.77. The third-order valence-electron chi connectivity index (χ3n) is 5.34. The summed E-state index contributed by atoms with van der Waals surface area (Å²) in [6, 6.07) is 11.8. The highest BCUT2D eigenvalue weighted by atomic mass is 16.7. The van der Waals surface area contributed by atoms with Crippen LogP contribution in [0.3, 0.4) is 0 Å². The summed E-state index contributed by atoms with van der Waals surface area (Å²) < 4.78 is 5.77. The zero-order chi connectivity index (χ0) is 20.3. The molecule has 0 radical (unpaired) electrons. The molecule has 1 N–H and O–H groups in total. The van der Waals surface area contributed by atoms with Gasteiger partial charge in [0.1, 0.15) is 18.2 Å². The largest absolute Gasteiger partial charge is 0.391 e. The Bertz CT molecular complexity index is 1170. The summed E-state index contributed by atoms with van der Waals surface area (Å²) in [5.41, 5.74) is 3.48. The van der Waals surface area contributed by atoms with E-state index in [1.807, 2.05) is 35.4 Å². The summed E-state index contributed by atoms with van der Waals surface area (Å²) in [6.07, 6.45) is 4.60. The Kier molecular flexibility index (Phi) is 5.02. The van der Waals surface area contributed by atoms with Gasteiger partial charge in [-0.25, -0.2) is 4.98 Å². The van der Waals surface area contributed by atoms with E-state index in [9.17, 15) is 4.79 Å². The molecule has 0 bridgehead atoms. The Labute approximate surface area is 172 Å². The average Bonchev–Trinajstić information content (AvgIpc) is 3.40. The van der Waals surface area contributed by atoms with Crippen molar-refractivity contribution in [2.45, 2.75) is 18.9 Å². The Hall–Kier alpha value is -3.46. The summed E-state index contributed by atoms with van der Waals surface area (Å²) in [5.74, 6) is 0.126. The quantitative estimate of drug-likeness (QED) is 0.522. The van der Waals surface area contributed by atoms with E-state index in [4.69, 9.17) is 9.57 Å². The van der Waals surface area contributed by atoms with Gasteiger partial charge < -0.3 is 19.5 Å². The molecule has 0 saturated carbocycles. The lowest BCUT2D eigenvalue weighted by molar-refractivity contribution is -0.141. The monoisotopic (exact) mass is 406 g/mol. The second-order valence-electron chi connectivity index (χ2n) is 7.30. The molecule has 1 aliphatic rings. The molecular weight excluding hydrogens is 384 g/mol. The van der Waals surface area contributed by atoms with Crippen LogP contribution in [0.1, 0.15) is 12.0 Å². The number of para-hydroxylation sites is 1. The molecule has 1 saturated heterocycles. The molecule has 1 aliphatic heterocycles. The number of morpholine rings is 1. The van der Waals surface area contributed by atoms with Crippen LogP contribution in [-0.4, -0.2) is 68.3 Å². The number of carbonyl (C=O) groups excluding carboxylic acids is 1. The molecule has 1 amide bonds. The number of ether oxygens (including phenoxy) is 1. The van der Waals surface area contributed by atoms with Gasteiger partial charge in [0.25, 0.3) is 0 Å². The van der Waals surface area contributed by atoms with Crippen molar-refractivity contribution in [3.05, 3.63) is 54.4 Å². The number of amides is 1. The van der Waals surface area contributed by atoms with Gasteiger partial charge in [-0.1, -0.05) is 23.0 Å². The second kappa shape index (κ2) is 8.11. The minimum absolute atomic E-state index is 0.126. The number of nitrogens with zero attached hydrogens (tertiary/aromatic N) is 5. The van der Waals surface area contributed by atoms with Crippen LogP contribution < -0.4 is 4.84 Å². The number of aromatic nitrogens is 5. The molecule has 1 aromatic carbocycles. The number of hydrogen-bond acceptors (Lipinski definition) is 6. The number of benzene rings is 1. The van der Waals surface area contributed by atoms with Gasteiger partial charge in [-0.2, -0.15) is 0 Å². The van der Waals surface area contributed by atoms with E-state index in [0.29, 0.717) is 43.7 Å². The molecule has 154 valence electrons.